The van der Waals surface area contributed by atoms with Crippen LogP contribution >= 0.6 is 34.8 Å². The van der Waals surface area contributed by atoms with Crippen molar-refractivity contribution in [3.63, 3.8) is 0 Å². The monoisotopic (exact) mass is 542 g/mol. The minimum atomic E-state index is -4.18. The molecular formula is C23H21Cl3N2O5S. The van der Waals surface area contributed by atoms with Crippen LogP contribution in [0.3, 0.4) is 0 Å². The van der Waals surface area contributed by atoms with Crippen LogP contribution in [0, 0.1) is 6.92 Å². The maximum atomic E-state index is 13.5. The molecule has 3 aromatic rings. The summed E-state index contributed by atoms with van der Waals surface area (Å²) in [6, 6.07) is 13.6. The quantitative estimate of drug-likeness (QED) is 0.388. The van der Waals surface area contributed by atoms with Gasteiger partial charge in [0, 0.05) is 17.2 Å². The van der Waals surface area contributed by atoms with E-state index in [-0.39, 0.29) is 37.1 Å². The molecule has 0 aromatic heterocycles. The van der Waals surface area contributed by atoms with E-state index in [4.69, 9.17) is 44.3 Å². The highest BCUT2D eigenvalue weighted by Gasteiger charge is 2.29. The molecule has 0 saturated heterocycles. The molecule has 0 unspecified atom stereocenters. The molecule has 0 bridgehead atoms. The van der Waals surface area contributed by atoms with Gasteiger partial charge in [0.15, 0.2) is 0 Å². The number of carbonyl (C=O) groups excluding carboxylic acids is 1. The zero-order chi connectivity index (χ0) is 25.0. The normalized spacial score (nSPS) is 11.1. The fraction of sp³-hybridized carbons (Fsp3) is 0.174. The van der Waals surface area contributed by atoms with Crippen molar-refractivity contribution in [1.29, 1.82) is 0 Å². The maximum Gasteiger partial charge on any atom is 0.264 e. The van der Waals surface area contributed by atoms with Gasteiger partial charge in [0.05, 0.1) is 40.5 Å². The molecule has 1 amide bonds. The van der Waals surface area contributed by atoms with Gasteiger partial charge in [-0.25, -0.2) is 8.42 Å². The Morgan fingerprint density at radius 2 is 1.56 bits per heavy atom. The van der Waals surface area contributed by atoms with Crippen LogP contribution in [0.15, 0.2) is 59.5 Å². The van der Waals surface area contributed by atoms with Crippen molar-refractivity contribution in [1.82, 2.24) is 0 Å². The van der Waals surface area contributed by atoms with E-state index in [1.165, 1.54) is 56.7 Å². The summed E-state index contributed by atoms with van der Waals surface area (Å²) in [5, 5.41) is 3.30. The van der Waals surface area contributed by atoms with Gasteiger partial charge in [0.25, 0.3) is 10.0 Å². The third kappa shape index (κ3) is 5.70. The highest BCUT2D eigenvalue weighted by atomic mass is 35.5. The Morgan fingerprint density at radius 1 is 0.912 bits per heavy atom. The number of halogens is 3. The number of sulfonamides is 1. The number of aryl methyl sites for hydroxylation is 1. The highest BCUT2D eigenvalue weighted by Crippen LogP contribution is 2.37. The van der Waals surface area contributed by atoms with E-state index in [0.717, 1.165) is 9.87 Å². The number of nitrogens with zero attached hydrogens (tertiary/aromatic N) is 1. The van der Waals surface area contributed by atoms with Crippen LogP contribution in [-0.2, 0) is 14.8 Å². The predicted molar refractivity (Wildman–Crippen MR) is 135 cm³/mol. The number of anilines is 2. The molecule has 3 aromatic carbocycles. The molecule has 0 aliphatic carbocycles. The number of nitrogens with one attached hydrogen (secondary N) is 1. The number of hydrogen-bond donors (Lipinski definition) is 1. The molecule has 34 heavy (non-hydrogen) atoms. The lowest BCUT2D eigenvalue weighted by Crippen LogP contribution is -2.38. The fourth-order valence-electron chi connectivity index (χ4n) is 3.09. The van der Waals surface area contributed by atoms with Gasteiger partial charge in [-0.3, -0.25) is 9.10 Å². The first-order valence-electron chi connectivity index (χ1n) is 9.82. The second-order valence-corrected chi connectivity index (χ2v) is 10.3. The second kappa shape index (κ2) is 10.7. The van der Waals surface area contributed by atoms with Crippen molar-refractivity contribution in [2.45, 2.75) is 11.8 Å². The molecule has 180 valence electrons. The summed E-state index contributed by atoms with van der Waals surface area (Å²) in [5.74, 6) is -0.0814. The fourth-order valence-corrected chi connectivity index (χ4v) is 5.19. The average Bonchev–Trinajstić information content (AvgIpc) is 2.80. The van der Waals surface area contributed by atoms with Gasteiger partial charge < -0.3 is 14.8 Å². The predicted octanol–water partition coefficient (Wildman–Crippen LogP) is 5.81. The summed E-state index contributed by atoms with van der Waals surface area (Å²) in [6.07, 6.45) is 0. The van der Waals surface area contributed by atoms with E-state index >= 15 is 0 Å². The van der Waals surface area contributed by atoms with Gasteiger partial charge >= 0.3 is 0 Å². The Hall–Kier alpha value is -2.65. The summed E-state index contributed by atoms with van der Waals surface area (Å²) in [4.78, 5) is 13.0. The van der Waals surface area contributed by atoms with E-state index in [9.17, 15) is 13.2 Å². The van der Waals surface area contributed by atoms with E-state index in [1.807, 2.05) is 6.92 Å². The molecule has 0 saturated carbocycles. The molecular weight excluding hydrogens is 523 g/mol. The SMILES string of the molecule is COc1cc(NC(=O)CN(c2cc(Cl)ccc2Cl)S(=O)(=O)c2ccc(C)cc2)c(OC)cc1Cl. The Morgan fingerprint density at radius 3 is 2.18 bits per heavy atom. The number of carbonyl (C=O) groups is 1. The lowest BCUT2D eigenvalue weighted by Gasteiger charge is -2.25. The van der Waals surface area contributed by atoms with Crippen molar-refractivity contribution in [3.05, 3.63) is 75.2 Å². The van der Waals surface area contributed by atoms with E-state index in [0.29, 0.717) is 5.75 Å². The minimum absolute atomic E-state index is 0.00677. The van der Waals surface area contributed by atoms with Crippen molar-refractivity contribution >= 4 is 62.1 Å². The zero-order valence-electron chi connectivity index (χ0n) is 18.4. The van der Waals surface area contributed by atoms with Crippen molar-refractivity contribution < 1.29 is 22.7 Å². The number of benzene rings is 3. The van der Waals surface area contributed by atoms with Gasteiger partial charge in [-0.1, -0.05) is 52.5 Å². The van der Waals surface area contributed by atoms with Crippen LogP contribution in [0.5, 0.6) is 11.5 Å². The number of rotatable bonds is 8. The van der Waals surface area contributed by atoms with Crippen molar-refractivity contribution in [3.8, 4) is 11.5 Å². The largest absolute Gasteiger partial charge is 0.495 e. The summed E-state index contributed by atoms with van der Waals surface area (Å²) >= 11 is 18.5. The van der Waals surface area contributed by atoms with Crippen molar-refractivity contribution in [2.75, 3.05) is 30.4 Å². The van der Waals surface area contributed by atoms with Crippen LogP contribution in [0.4, 0.5) is 11.4 Å². The third-order valence-electron chi connectivity index (χ3n) is 4.82. The molecule has 0 fully saturated rings. The average molecular weight is 544 g/mol. The number of amides is 1. The van der Waals surface area contributed by atoms with E-state index < -0.39 is 22.5 Å². The van der Waals surface area contributed by atoms with Crippen LogP contribution in [0.25, 0.3) is 0 Å². The molecule has 0 aliphatic heterocycles. The topological polar surface area (TPSA) is 84.9 Å². The number of methoxy groups -OCH3 is 2. The van der Waals surface area contributed by atoms with Crippen LogP contribution < -0.4 is 19.1 Å². The molecule has 0 radical (unpaired) electrons. The Labute approximate surface area is 213 Å². The molecule has 0 atom stereocenters. The lowest BCUT2D eigenvalue weighted by atomic mass is 10.2. The third-order valence-corrected chi connectivity index (χ3v) is 7.45. The van der Waals surface area contributed by atoms with E-state index in [2.05, 4.69) is 5.32 Å². The van der Waals surface area contributed by atoms with Gasteiger partial charge in [0.2, 0.25) is 5.91 Å². The van der Waals surface area contributed by atoms with Gasteiger partial charge in [-0.05, 0) is 37.3 Å². The maximum absolute atomic E-state index is 13.5. The standard InChI is InChI=1S/C23H21Cl3N2O5S/c1-14-4-7-16(8-5-14)34(30,31)28(20-10-15(24)6-9-17(20)25)13-23(29)27-19-12-21(32-2)18(26)11-22(19)33-3/h4-12H,13H2,1-3H3,(H,27,29). The summed E-state index contributed by atoms with van der Waals surface area (Å²) in [7, 11) is -1.34. The molecule has 0 spiro atoms. The summed E-state index contributed by atoms with van der Waals surface area (Å²) in [6.45, 7) is 1.24. The molecule has 0 aliphatic rings. The first-order chi connectivity index (χ1) is 16.1. The number of hydrogen-bond acceptors (Lipinski definition) is 5. The van der Waals surface area contributed by atoms with Crippen LogP contribution in [0.1, 0.15) is 5.56 Å². The smallest absolute Gasteiger partial charge is 0.264 e. The zero-order valence-corrected chi connectivity index (χ0v) is 21.5. The lowest BCUT2D eigenvalue weighted by molar-refractivity contribution is -0.114. The summed E-state index contributed by atoms with van der Waals surface area (Å²) in [5.41, 5.74) is 1.19. The van der Waals surface area contributed by atoms with Crippen LogP contribution in [-0.4, -0.2) is 35.1 Å². The Balaban J connectivity index is 2.02. The van der Waals surface area contributed by atoms with Gasteiger partial charge in [0.1, 0.15) is 18.0 Å². The summed E-state index contributed by atoms with van der Waals surface area (Å²) < 4.78 is 38.5. The first-order valence-corrected chi connectivity index (χ1v) is 12.4. The molecule has 0 heterocycles. The van der Waals surface area contributed by atoms with Gasteiger partial charge in [-0.2, -0.15) is 0 Å². The number of ether oxygens (including phenoxy) is 2. The molecule has 7 nitrogen and oxygen atoms in total. The highest BCUT2D eigenvalue weighted by molar-refractivity contribution is 7.92. The minimum Gasteiger partial charge on any atom is -0.495 e. The van der Waals surface area contributed by atoms with Gasteiger partial charge in [-0.15, -0.1) is 0 Å². The molecule has 11 heteroatoms. The second-order valence-electron chi connectivity index (χ2n) is 7.16. The molecule has 1 N–H and O–H groups in total. The Bertz CT molecular complexity index is 1310. The Kier molecular flexibility index (Phi) is 8.20. The van der Waals surface area contributed by atoms with Crippen molar-refractivity contribution in [2.24, 2.45) is 0 Å². The van der Waals surface area contributed by atoms with Crippen LogP contribution in [0.2, 0.25) is 15.1 Å². The molecule has 3 rings (SSSR count). The first kappa shape index (κ1) is 26.0. The van der Waals surface area contributed by atoms with E-state index in [1.54, 1.807) is 12.1 Å².